The van der Waals surface area contributed by atoms with E-state index in [0.717, 1.165) is 54.0 Å². The van der Waals surface area contributed by atoms with Crippen LogP contribution in [0.15, 0.2) is 36.5 Å². The van der Waals surface area contributed by atoms with Crippen LogP contribution in [0.1, 0.15) is 42.9 Å². The fraction of sp³-hybridized carbons (Fsp3) is 0.464. The molecule has 1 fully saturated rings. The van der Waals surface area contributed by atoms with E-state index in [0.29, 0.717) is 37.7 Å². The zero-order valence-corrected chi connectivity index (χ0v) is 21.2. The minimum atomic E-state index is -1.22. The first-order valence-electron chi connectivity index (χ1n) is 12.6. The van der Waals surface area contributed by atoms with Gasteiger partial charge in [0.05, 0.1) is 24.4 Å². The summed E-state index contributed by atoms with van der Waals surface area (Å²) in [5, 5.41) is 25.1. The highest BCUT2D eigenvalue weighted by atomic mass is 19.2. The lowest BCUT2D eigenvalue weighted by Crippen LogP contribution is -2.43. The second kappa shape index (κ2) is 11.7. The number of fused-ring (bicyclic) bond motifs is 1. The van der Waals surface area contributed by atoms with Gasteiger partial charge in [-0.05, 0) is 80.4 Å². The van der Waals surface area contributed by atoms with Crippen molar-refractivity contribution in [1.82, 2.24) is 9.88 Å². The van der Waals surface area contributed by atoms with Crippen LogP contribution in [0.25, 0.3) is 10.9 Å². The number of hydrogen-bond donors (Lipinski definition) is 3. The molecule has 0 spiro atoms. The minimum absolute atomic E-state index is 0.0312. The van der Waals surface area contributed by atoms with E-state index in [9.17, 15) is 23.4 Å². The van der Waals surface area contributed by atoms with Crippen molar-refractivity contribution in [2.24, 2.45) is 5.41 Å². The summed E-state index contributed by atoms with van der Waals surface area (Å²) in [7, 11) is 1.60. The number of nitrogens with one attached hydrogen (secondary N) is 1. The van der Waals surface area contributed by atoms with E-state index in [1.807, 2.05) is 25.1 Å². The van der Waals surface area contributed by atoms with Gasteiger partial charge in [-0.3, -0.25) is 4.98 Å². The number of aryl methyl sites for hydroxylation is 1. The molecule has 0 aliphatic carbocycles. The first kappa shape index (κ1) is 27.2. The van der Waals surface area contributed by atoms with Gasteiger partial charge in [0.1, 0.15) is 11.6 Å². The van der Waals surface area contributed by atoms with Gasteiger partial charge in [-0.15, -0.1) is 0 Å². The Balaban J connectivity index is 1.33. The van der Waals surface area contributed by atoms with Gasteiger partial charge >= 0.3 is 0 Å². The average molecular weight is 518 g/mol. The summed E-state index contributed by atoms with van der Waals surface area (Å²) in [6.45, 7) is 4.33. The summed E-state index contributed by atoms with van der Waals surface area (Å²) in [5.74, 6) is -2.44. The molecule has 2 aromatic carbocycles. The zero-order valence-electron chi connectivity index (χ0n) is 21.2. The quantitative estimate of drug-likeness (QED) is 0.330. The predicted molar refractivity (Wildman–Crippen MR) is 137 cm³/mol. The Morgan fingerprint density at radius 2 is 1.92 bits per heavy atom. The highest BCUT2D eigenvalue weighted by molar-refractivity contribution is 5.84. The second-order valence-electron chi connectivity index (χ2n) is 9.97. The molecular formula is C28H34F3N3O3. The molecule has 1 aliphatic heterocycles. The third-order valence-corrected chi connectivity index (χ3v) is 7.59. The molecule has 0 bridgehead atoms. The van der Waals surface area contributed by atoms with E-state index in [-0.39, 0.29) is 17.7 Å². The van der Waals surface area contributed by atoms with E-state index in [1.165, 1.54) is 0 Å². The van der Waals surface area contributed by atoms with Crippen molar-refractivity contribution < 1.29 is 28.1 Å². The van der Waals surface area contributed by atoms with Crippen LogP contribution >= 0.6 is 0 Å². The number of aromatic nitrogens is 1. The van der Waals surface area contributed by atoms with Crippen LogP contribution in [0.3, 0.4) is 0 Å². The van der Waals surface area contributed by atoms with Crippen molar-refractivity contribution in [3.8, 4) is 5.75 Å². The highest BCUT2D eigenvalue weighted by Crippen LogP contribution is 2.39. The van der Waals surface area contributed by atoms with E-state index in [2.05, 4.69) is 15.2 Å². The van der Waals surface area contributed by atoms with Gasteiger partial charge in [0.15, 0.2) is 11.6 Å². The smallest absolute Gasteiger partial charge is 0.182 e. The van der Waals surface area contributed by atoms with E-state index < -0.39 is 23.6 Å². The van der Waals surface area contributed by atoms with E-state index >= 15 is 0 Å². The van der Waals surface area contributed by atoms with Crippen molar-refractivity contribution in [1.29, 1.82) is 0 Å². The van der Waals surface area contributed by atoms with Gasteiger partial charge in [-0.1, -0.05) is 0 Å². The van der Waals surface area contributed by atoms with Crippen LogP contribution in [-0.2, 0) is 0 Å². The Morgan fingerprint density at radius 3 is 2.62 bits per heavy atom. The number of anilines is 1. The minimum Gasteiger partial charge on any atom is -0.497 e. The van der Waals surface area contributed by atoms with Crippen LogP contribution in [0, 0.1) is 29.8 Å². The summed E-state index contributed by atoms with van der Waals surface area (Å²) in [5.41, 5.74) is 2.05. The molecule has 200 valence electrons. The maximum absolute atomic E-state index is 13.8. The predicted octanol–water partition coefficient (Wildman–Crippen LogP) is 4.97. The molecule has 1 aromatic heterocycles. The Kier molecular flexibility index (Phi) is 8.56. The summed E-state index contributed by atoms with van der Waals surface area (Å²) in [6, 6.07) is 7.08. The molecule has 2 heterocycles. The molecule has 0 radical (unpaired) electrons. The average Bonchev–Trinajstić information content (AvgIpc) is 2.90. The first-order chi connectivity index (χ1) is 17.7. The summed E-state index contributed by atoms with van der Waals surface area (Å²) in [6.07, 6.45) is 3.74. The Bertz CT molecular complexity index is 1230. The molecule has 1 aliphatic rings. The number of methoxy groups -OCH3 is 1. The number of likely N-dealkylation sites (tertiary alicyclic amines) is 1. The molecular weight excluding hydrogens is 483 g/mol. The topological polar surface area (TPSA) is 77.8 Å². The van der Waals surface area contributed by atoms with Crippen LogP contribution in [0.4, 0.5) is 18.9 Å². The van der Waals surface area contributed by atoms with Gasteiger partial charge in [0.2, 0.25) is 0 Å². The molecule has 4 rings (SSSR count). The van der Waals surface area contributed by atoms with Crippen LogP contribution in [0.5, 0.6) is 5.75 Å². The third-order valence-electron chi connectivity index (χ3n) is 7.59. The first-order valence-corrected chi connectivity index (χ1v) is 12.6. The van der Waals surface area contributed by atoms with Crippen molar-refractivity contribution >= 4 is 16.6 Å². The Hall–Kier alpha value is -2.88. The zero-order chi connectivity index (χ0) is 26.6. The molecule has 37 heavy (non-hydrogen) atoms. The standard InChI is InChI=1S/C28H34F3N3O3/c1-18-16-33-23-4-3-20(37-2)15-21(23)26(18)25(36)5-6-28(17-35)7-10-34(11-8-28)12-9-32-24-14-19(29)13-22(30)27(24)31/h3-4,13-16,25,32,35-36H,5-12,17H2,1-2H3/t25-/m0/s1. The van der Waals surface area contributed by atoms with Gasteiger partial charge in [0, 0.05) is 43.4 Å². The fourth-order valence-electron chi connectivity index (χ4n) is 5.22. The number of benzene rings is 2. The molecule has 0 unspecified atom stereocenters. The molecule has 1 saturated heterocycles. The number of aliphatic hydroxyl groups is 2. The summed E-state index contributed by atoms with van der Waals surface area (Å²) < 4.78 is 46.0. The normalized spacial score (nSPS) is 16.6. The monoisotopic (exact) mass is 517 g/mol. The maximum Gasteiger partial charge on any atom is 0.182 e. The summed E-state index contributed by atoms with van der Waals surface area (Å²) >= 11 is 0. The SMILES string of the molecule is COc1ccc2ncc(C)c([C@@H](O)CCC3(CO)CCN(CCNc4cc(F)cc(F)c4F)CC3)c2c1. The lowest BCUT2D eigenvalue weighted by molar-refractivity contribution is 0.0247. The molecule has 0 amide bonds. The van der Waals surface area contributed by atoms with Crippen LogP contribution < -0.4 is 10.1 Å². The second-order valence-corrected chi connectivity index (χ2v) is 9.97. The molecule has 9 heteroatoms. The van der Waals surface area contributed by atoms with E-state index in [1.54, 1.807) is 13.3 Å². The van der Waals surface area contributed by atoms with Crippen molar-refractivity contribution in [2.45, 2.75) is 38.7 Å². The Morgan fingerprint density at radius 1 is 1.16 bits per heavy atom. The maximum atomic E-state index is 13.8. The lowest BCUT2D eigenvalue weighted by Gasteiger charge is -2.41. The molecule has 0 saturated carbocycles. The van der Waals surface area contributed by atoms with Gasteiger partial charge in [-0.2, -0.15) is 0 Å². The van der Waals surface area contributed by atoms with Gasteiger partial charge < -0.3 is 25.2 Å². The van der Waals surface area contributed by atoms with E-state index in [4.69, 9.17) is 4.74 Å². The number of aliphatic hydroxyl groups excluding tert-OH is 2. The van der Waals surface area contributed by atoms with Crippen molar-refractivity contribution in [3.05, 3.63) is 65.1 Å². The van der Waals surface area contributed by atoms with Gasteiger partial charge in [-0.25, -0.2) is 13.2 Å². The van der Waals surface area contributed by atoms with Crippen molar-refractivity contribution in [2.75, 3.05) is 45.2 Å². The number of pyridine rings is 1. The van der Waals surface area contributed by atoms with Crippen LogP contribution in [-0.4, -0.2) is 60.0 Å². The number of nitrogens with zero attached hydrogens (tertiary/aromatic N) is 2. The number of piperidine rings is 1. The highest BCUT2D eigenvalue weighted by Gasteiger charge is 2.34. The lowest BCUT2D eigenvalue weighted by atomic mass is 9.74. The fourth-order valence-corrected chi connectivity index (χ4v) is 5.22. The largest absolute Gasteiger partial charge is 0.497 e. The Labute approximate surface area is 215 Å². The number of ether oxygens (including phenoxy) is 1. The third kappa shape index (κ3) is 6.17. The van der Waals surface area contributed by atoms with Crippen molar-refractivity contribution in [3.63, 3.8) is 0 Å². The molecule has 3 aromatic rings. The van der Waals surface area contributed by atoms with Crippen LogP contribution in [0.2, 0.25) is 0 Å². The number of halogens is 3. The number of rotatable bonds is 10. The summed E-state index contributed by atoms with van der Waals surface area (Å²) in [4.78, 5) is 6.65. The molecule has 1 atom stereocenters. The number of hydrogen-bond acceptors (Lipinski definition) is 6. The molecule has 3 N–H and O–H groups in total. The van der Waals surface area contributed by atoms with Gasteiger partial charge in [0.25, 0.3) is 0 Å². The molecule has 6 nitrogen and oxygen atoms in total.